The molecule has 5 rings (SSSR count). The van der Waals surface area contributed by atoms with E-state index in [0.717, 1.165) is 37.0 Å². The molecule has 0 saturated carbocycles. The summed E-state index contributed by atoms with van der Waals surface area (Å²) < 4.78 is 12.4. The van der Waals surface area contributed by atoms with Crippen molar-refractivity contribution in [3.8, 4) is 11.5 Å². The standard InChI is InChI=1S/C23H21ClN2O3S/c24-17-13-15(14-19-22(17)29-12-11-28-19)5-6-21(27)26-9-7-16(8-10-26)23-25-18-3-1-2-4-20(18)30-23/h1-6,13-14,16H,7-12H2/b6-5+. The highest BCUT2D eigenvalue weighted by Crippen LogP contribution is 2.38. The molecule has 2 aromatic carbocycles. The van der Waals surface area contributed by atoms with Gasteiger partial charge in [0.25, 0.3) is 0 Å². The van der Waals surface area contributed by atoms with Crippen LogP contribution in [0.2, 0.25) is 5.02 Å². The zero-order chi connectivity index (χ0) is 20.5. The fraction of sp³-hybridized carbons (Fsp3) is 0.304. The van der Waals surface area contributed by atoms with Crippen molar-refractivity contribution >= 4 is 45.1 Å². The van der Waals surface area contributed by atoms with E-state index in [1.807, 2.05) is 23.1 Å². The van der Waals surface area contributed by atoms with Crippen LogP contribution < -0.4 is 9.47 Å². The number of aromatic nitrogens is 1. The Bertz CT molecular complexity index is 1090. The smallest absolute Gasteiger partial charge is 0.246 e. The Hall–Kier alpha value is -2.57. The molecule has 0 unspecified atom stereocenters. The third-order valence-corrected chi connectivity index (χ3v) is 6.98. The quantitative estimate of drug-likeness (QED) is 0.529. The van der Waals surface area contributed by atoms with E-state index in [0.29, 0.717) is 35.7 Å². The van der Waals surface area contributed by atoms with E-state index in [4.69, 9.17) is 26.1 Å². The van der Waals surface area contributed by atoms with Crippen LogP contribution in [-0.4, -0.2) is 42.1 Å². The first-order valence-electron chi connectivity index (χ1n) is 10.1. The minimum atomic E-state index is 0.0174. The minimum Gasteiger partial charge on any atom is -0.486 e. The van der Waals surface area contributed by atoms with Crippen molar-refractivity contribution < 1.29 is 14.3 Å². The molecule has 0 spiro atoms. The van der Waals surface area contributed by atoms with Gasteiger partial charge in [0.15, 0.2) is 11.5 Å². The number of carbonyl (C=O) groups is 1. The summed E-state index contributed by atoms with van der Waals surface area (Å²) >= 11 is 8.05. The van der Waals surface area contributed by atoms with Gasteiger partial charge in [-0.05, 0) is 48.7 Å². The molecule has 0 bridgehead atoms. The molecule has 7 heteroatoms. The number of para-hydroxylation sites is 1. The first kappa shape index (κ1) is 19.4. The van der Waals surface area contributed by atoms with Gasteiger partial charge in [0.2, 0.25) is 5.91 Å². The molecule has 1 saturated heterocycles. The highest BCUT2D eigenvalue weighted by molar-refractivity contribution is 7.18. The molecule has 0 radical (unpaired) electrons. The van der Waals surface area contributed by atoms with Crippen LogP contribution in [0.1, 0.15) is 29.3 Å². The summed E-state index contributed by atoms with van der Waals surface area (Å²) in [5.41, 5.74) is 1.89. The van der Waals surface area contributed by atoms with Crippen LogP contribution in [0.25, 0.3) is 16.3 Å². The summed E-state index contributed by atoms with van der Waals surface area (Å²) in [6.07, 6.45) is 5.27. The van der Waals surface area contributed by atoms with E-state index in [2.05, 4.69) is 12.1 Å². The maximum absolute atomic E-state index is 12.7. The Kier molecular flexibility index (Phi) is 5.35. The Morgan fingerprint density at radius 2 is 1.97 bits per heavy atom. The van der Waals surface area contributed by atoms with E-state index in [9.17, 15) is 4.79 Å². The van der Waals surface area contributed by atoms with Crippen LogP contribution in [-0.2, 0) is 4.79 Å². The zero-order valence-corrected chi connectivity index (χ0v) is 17.9. The summed E-state index contributed by atoms with van der Waals surface area (Å²) in [7, 11) is 0. The molecule has 3 heterocycles. The monoisotopic (exact) mass is 440 g/mol. The molecular formula is C23H21ClN2O3S. The number of rotatable bonds is 3. The Balaban J connectivity index is 1.22. The average molecular weight is 441 g/mol. The summed E-state index contributed by atoms with van der Waals surface area (Å²) in [6.45, 7) is 2.48. The van der Waals surface area contributed by atoms with E-state index in [1.54, 1.807) is 29.6 Å². The van der Waals surface area contributed by atoms with Gasteiger partial charge in [0, 0.05) is 25.1 Å². The number of ether oxygens (including phenoxy) is 2. The molecule has 2 aliphatic heterocycles. The fourth-order valence-corrected chi connectivity index (χ4v) is 5.32. The zero-order valence-electron chi connectivity index (χ0n) is 16.3. The lowest BCUT2D eigenvalue weighted by Crippen LogP contribution is -2.36. The fourth-order valence-electron chi connectivity index (χ4n) is 3.91. The maximum atomic E-state index is 12.7. The largest absolute Gasteiger partial charge is 0.486 e. The molecule has 0 aliphatic carbocycles. The van der Waals surface area contributed by atoms with Crippen LogP contribution in [0.5, 0.6) is 11.5 Å². The van der Waals surface area contributed by atoms with Crippen LogP contribution in [0.3, 0.4) is 0 Å². The van der Waals surface area contributed by atoms with Gasteiger partial charge in [-0.1, -0.05) is 23.7 Å². The van der Waals surface area contributed by atoms with Crippen molar-refractivity contribution in [2.24, 2.45) is 0 Å². The summed E-state index contributed by atoms with van der Waals surface area (Å²) in [4.78, 5) is 19.4. The lowest BCUT2D eigenvalue weighted by Gasteiger charge is -2.30. The highest BCUT2D eigenvalue weighted by Gasteiger charge is 2.25. The van der Waals surface area contributed by atoms with Crippen molar-refractivity contribution in [3.05, 3.63) is 58.1 Å². The Morgan fingerprint density at radius 1 is 1.17 bits per heavy atom. The van der Waals surface area contributed by atoms with E-state index >= 15 is 0 Å². The number of piperidine rings is 1. The average Bonchev–Trinajstić information content (AvgIpc) is 3.22. The lowest BCUT2D eigenvalue weighted by molar-refractivity contribution is -0.126. The second kappa shape index (κ2) is 8.28. The van der Waals surface area contributed by atoms with E-state index in [1.165, 1.54) is 9.71 Å². The molecule has 154 valence electrons. The van der Waals surface area contributed by atoms with Crippen molar-refractivity contribution in [1.82, 2.24) is 9.88 Å². The number of thiazole rings is 1. The first-order chi connectivity index (χ1) is 14.7. The molecule has 2 aliphatic rings. The molecule has 1 fully saturated rings. The minimum absolute atomic E-state index is 0.0174. The topological polar surface area (TPSA) is 51.7 Å². The van der Waals surface area contributed by atoms with Gasteiger partial charge >= 0.3 is 0 Å². The van der Waals surface area contributed by atoms with Crippen LogP contribution in [0, 0.1) is 0 Å². The number of carbonyl (C=O) groups excluding carboxylic acids is 1. The predicted octanol–water partition coefficient (Wildman–Crippen LogP) is 5.14. The van der Waals surface area contributed by atoms with Crippen LogP contribution in [0.4, 0.5) is 0 Å². The number of fused-ring (bicyclic) bond motifs is 2. The molecule has 30 heavy (non-hydrogen) atoms. The molecule has 3 aromatic rings. The number of halogens is 1. The molecule has 1 aromatic heterocycles. The molecule has 0 atom stereocenters. The van der Waals surface area contributed by atoms with Gasteiger partial charge in [-0.2, -0.15) is 0 Å². The third-order valence-electron chi connectivity index (χ3n) is 5.50. The normalized spacial score (nSPS) is 17.0. The van der Waals surface area contributed by atoms with Crippen LogP contribution >= 0.6 is 22.9 Å². The van der Waals surface area contributed by atoms with Crippen LogP contribution in [0.15, 0.2) is 42.5 Å². The molecular weight excluding hydrogens is 420 g/mol. The lowest BCUT2D eigenvalue weighted by atomic mass is 9.97. The summed E-state index contributed by atoms with van der Waals surface area (Å²) in [5, 5.41) is 1.68. The maximum Gasteiger partial charge on any atom is 0.246 e. The molecule has 1 amide bonds. The summed E-state index contributed by atoms with van der Waals surface area (Å²) in [6, 6.07) is 11.9. The second-order valence-electron chi connectivity index (χ2n) is 7.48. The number of amides is 1. The van der Waals surface area contributed by atoms with Gasteiger partial charge in [-0.3, -0.25) is 4.79 Å². The van der Waals surface area contributed by atoms with Gasteiger partial charge in [0.05, 0.1) is 20.2 Å². The highest BCUT2D eigenvalue weighted by atomic mass is 35.5. The third kappa shape index (κ3) is 3.89. The van der Waals surface area contributed by atoms with Crippen molar-refractivity contribution in [2.45, 2.75) is 18.8 Å². The van der Waals surface area contributed by atoms with E-state index < -0.39 is 0 Å². The van der Waals surface area contributed by atoms with Gasteiger partial charge < -0.3 is 14.4 Å². The Morgan fingerprint density at radius 3 is 2.80 bits per heavy atom. The number of likely N-dealkylation sites (tertiary alicyclic amines) is 1. The number of hydrogen-bond donors (Lipinski definition) is 0. The Labute approximate surface area is 183 Å². The molecule has 5 nitrogen and oxygen atoms in total. The second-order valence-corrected chi connectivity index (χ2v) is 8.95. The van der Waals surface area contributed by atoms with Crippen molar-refractivity contribution in [1.29, 1.82) is 0 Å². The SMILES string of the molecule is O=C(/C=C/c1cc(Cl)c2c(c1)OCCO2)N1CCC(c2nc3ccccc3s2)CC1. The number of hydrogen-bond acceptors (Lipinski definition) is 5. The number of nitrogens with zero attached hydrogens (tertiary/aromatic N) is 2. The first-order valence-corrected chi connectivity index (χ1v) is 11.3. The van der Waals surface area contributed by atoms with E-state index in [-0.39, 0.29) is 5.91 Å². The van der Waals surface area contributed by atoms with Crippen molar-refractivity contribution in [3.63, 3.8) is 0 Å². The predicted molar refractivity (Wildman–Crippen MR) is 120 cm³/mol. The molecule has 0 N–H and O–H groups in total. The van der Waals surface area contributed by atoms with Gasteiger partial charge in [-0.25, -0.2) is 4.98 Å². The van der Waals surface area contributed by atoms with Crippen molar-refractivity contribution in [2.75, 3.05) is 26.3 Å². The summed E-state index contributed by atoms with van der Waals surface area (Å²) in [5.74, 6) is 1.64. The number of benzene rings is 2. The van der Waals surface area contributed by atoms with Gasteiger partial charge in [0.1, 0.15) is 13.2 Å². The van der Waals surface area contributed by atoms with Gasteiger partial charge in [-0.15, -0.1) is 11.3 Å².